The number of carbonyl (C=O) groups excluding carboxylic acids is 2. The van der Waals surface area contributed by atoms with Gasteiger partial charge in [0.1, 0.15) is 23.1 Å². The lowest BCUT2D eigenvalue weighted by atomic mass is 9.77. The summed E-state index contributed by atoms with van der Waals surface area (Å²) in [6.07, 6.45) is 5.21. The van der Waals surface area contributed by atoms with Crippen LogP contribution in [-0.4, -0.2) is 64.7 Å². The Kier molecular flexibility index (Phi) is 11.7. The molecule has 2 amide bonds. The van der Waals surface area contributed by atoms with Gasteiger partial charge < -0.3 is 24.0 Å². The highest BCUT2D eigenvalue weighted by molar-refractivity contribution is 6.74. The van der Waals surface area contributed by atoms with Crippen molar-refractivity contribution in [1.29, 1.82) is 0 Å². The average Bonchev–Trinajstić information content (AvgIpc) is 3.55. The van der Waals surface area contributed by atoms with Gasteiger partial charge in [0.05, 0.1) is 16.9 Å². The first-order chi connectivity index (χ1) is 23.2. The molecule has 0 aromatic carbocycles. The van der Waals surface area contributed by atoms with E-state index < -0.39 is 37.2 Å². The summed E-state index contributed by atoms with van der Waals surface area (Å²) in [6, 6.07) is 5.67. The van der Waals surface area contributed by atoms with Gasteiger partial charge in [0.2, 0.25) is 5.88 Å². The number of alkyl carbamates (subject to hydrolysis) is 1. The lowest BCUT2D eigenvalue weighted by Gasteiger charge is -2.39. The monoisotopic (exact) mass is 727 g/mol. The molecule has 2 fully saturated rings. The summed E-state index contributed by atoms with van der Waals surface area (Å²) >= 11 is 0. The molecule has 12 heteroatoms. The molecular weight excluding hydrogens is 663 g/mol. The van der Waals surface area contributed by atoms with E-state index in [1.807, 2.05) is 59.2 Å². The maximum Gasteiger partial charge on any atom is 0.420 e. The van der Waals surface area contributed by atoms with Crippen molar-refractivity contribution in [3.8, 4) is 5.88 Å². The van der Waals surface area contributed by atoms with Crippen molar-refractivity contribution in [2.75, 3.05) is 4.90 Å². The van der Waals surface area contributed by atoms with Crippen molar-refractivity contribution in [3.05, 3.63) is 30.1 Å². The zero-order valence-electron chi connectivity index (χ0n) is 34.0. The molecule has 51 heavy (non-hydrogen) atoms. The van der Waals surface area contributed by atoms with Gasteiger partial charge in [0.25, 0.3) is 0 Å². The molecule has 4 rings (SSSR count). The molecule has 0 saturated heterocycles. The van der Waals surface area contributed by atoms with E-state index in [0.717, 1.165) is 37.8 Å². The van der Waals surface area contributed by atoms with Gasteiger partial charge in [-0.3, -0.25) is 0 Å². The van der Waals surface area contributed by atoms with Crippen molar-refractivity contribution in [3.63, 3.8) is 0 Å². The van der Waals surface area contributed by atoms with Gasteiger partial charge in [-0.05, 0) is 131 Å². The van der Waals surface area contributed by atoms with Crippen molar-refractivity contribution in [1.82, 2.24) is 20.1 Å². The number of rotatable bonds is 9. The second-order valence-corrected chi connectivity index (χ2v) is 23.8. The number of carbonyl (C=O) groups is 2. The Hall–Kier alpha value is -3.12. The minimum absolute atomic E-state index is 0.0403. The molecule has 1 N–H and O–H groups in total. The normalized spacial score (nSPS) is 22.2. The number of nitrogens with one attached hydrogen (secondary N) is 1. The minimum atomic E-state index is -1.91. The van der Waals surface area contributed by atoms with Gasteiger partial charge in [0.15, 0.2) is 8.32 Å². The van der Waals surface area contributed by atoms with Crippen LogP contribution in [0, 0.1) is 5.92 Å². The van der Waals surface area contributed by atoms with E-state index in [1.54, 1.807) is 23.2 Å². The maximum absolute atomic E-state index is 14.1. The van der Waals surface area contributed by atoms with E-state index in [9.17, 15) is 9.59 Å². The number of pyridine rings is 1. The number of aromatic nitrogens is 3. The van der Waals surface area contributed by atoms with Crippen LogP contribution in [0.3, 0.4) is 0 Å². The summed E-state index contributed by atoms with van der Waals surface area (Å²) in [6.45, 7) is 30.9. The van der Waals surface area contributed by atoms with E-state index in [0.29, 0.717) is 17.4 Å². The zero-order valence-corrected chi connectivity index (χ0v) is 35.0. The standard InChI is InChI=1S/C39H65N5O6Si/c1-25(27-20-28(21-27)41-34(45)48-37(5,6)7)47-32-23-29(18-19-40-32)43(35(46)49-38(8,9)10)33-24-31(42-44(33)36(2,3)4)26-16-17-30(22-26)50-51(14,15)39(11,12)13/h18-19,23-28,30H,16-17,20-22H2,1-15H3,(H,41,45)/t25-,26-,27?,28?,30+/m0/s1. The second kappa shape index (κ2) is 14.7. The second-order valence-electron chi connectivity index (χ2n) is 19.1. The Balaban J connectivity index is 1.58. The highest BCUT2D eigenvalue weighted by Gasteiger charge is 2.42. The Labute approximate surface area is 307 Å². The molecule has 286 valence electrons. The smallest absolute Gasteiger partial charge is 0.420 e. The predicted octanol–water partition coefficient (Wildman–Crippen LogP) is 9.83. The first-order valence-corrected chi connectivity index (χ1v) is 21.6. The lowest BCUT2D eigenvalue weighted by molar-refractivity contribution is 0.0339. The molecule has 0 radical (unpaired) electrons. The number of amides is 2. The first kappa shape index (κ1) is 40.6. The summed E-state index contributed by atoms with van der Waals surface area (Å²) in [5.74, 6) is 1.48. The first-order valence-electron chi connectivity index (χ1n) is 18.7. The zero-order chi connectivity index (χ0) is 38.3. The van der Waals surface area contributed by atoms with Crippen molar-refractivity contribution in [2.45, 2.75) is 181 Å². The molecule has 11 nitrogen and oxygen atoms in total. The van der Waals surface area contributed by atoms with E-state index in [1.165, 1.54) is 0 Å². The Morgan fingerprint density at radius 1 is 0.922 bits per heavy atom. The molecule has 0 aliphatic heterocycles. The molecule has 2 aliphatic rings. The molecule has 0 unspecified atom stereocenters. The summed E-state index contributed by atoms with van der Waals surface area (Å²) in [7, 11) is -1.91. The maximum atomic E-state index is 14.1. The summed E-state index contributed by atoms with van der Waals surface area (Å²) in [5.41, 5.74) is -0.174. The lowest BCUT2D eigenvalue weighted by Crippen LogP contribution is -2.49. The third-order valence-electron chi connectivity index (χ3n) is 10.1. The molecule has 3 atom stereocenters. The number of nitrogens with zero attached hydrogens (tertiary/aromatic N) is 4. The van der Waals surface area contributed by atoms with Crippen molar-refractivity contribution < 1.29 is 28.2 Å². The number of hydrogen-bond donors (Lipinski definition) is 1. The van der Waals surface area contributed by atoms with Crippen molar-refractivity contribution in [2.24, 2.45) is 5.92 Å². The molecule has 2 aromatic heterocycles. The third-order valence-corrected chi connectivity index (χ3v) is 14.6. The van der Waals surface area contributed by atoms with Gasteiger partial charge in [-0.25, -0.2) is 24.2 Å². The summed E-state index contributed by atoms with van der Waals surface area (Å²) < 4.78 is 26.5. The number of ether oxygens (including phenoxy) is 3. The highest BCUT2D eigenvalue weighted by atomic mass is 28.4. The summed E-state index contributed by atoms with van der Waals surface area (Å²) in [4.78, 5) is 32.4. The van der Waals surface area contributed by atoms with Crippen LogP contribution in [-0.2, 0) is 19.4 Å². The Bertz CT molecular complexity index is 1520. The Morgan fingerprint density at radius 3 is 2.12 bits per heavy atom. The fourth-order valence-electron chi connectivity index (χ4n) is 6.32. The van der Waals surface area contributed by atoms with Crippen LogP contribution in [0.2, 0.25) is 18.1 Å². The molecular formula is C39H65N5O6Si. The Morgan fingerprint density at radius 2 is 1.55 bits per heavy atom. The van der Waals surface area contributed by atoms with Crippen LogP contribution in [0.15, 0.2) is 24.4 Å². The van der Waals surface area contributed by atoms with Gasteiger partial charge >= 0.3 is 12.2 Å². The SMILES string of the molecule is C[C@H](Oc1cc(N(C(=O)OC(C)(C)C)c2cc([C@H]3CC[C@@H](O[Si](C)(C)C(C)(C)C)C3)nn2C(C)(C)C)ccn1)C1CC(NC(=O)OC(C)(C)C)C1. The van der Waals surface area contributed by atoms with E-state index in [-0.39, 0.29) is 35.1 Å². The third kappa shape index (κ3) is 10.7. The summed E-state index contributed by atoms with van der Waals surface area (Å²) in [5, 5.41) is 8.26. The van der Waals surface area contributed by atoms with E-state index in [4.69, 9.17) is 23.7 Å². The largest absolute Gasteiger partial charge is 0.474 e. The molecule has 2 saturated carbocycles. The molecule has 2 aliphatic carbocycles. The van der Waals surface area contributed by atoms with Crippen LogP contribution in [0.5, 0.6) is 5.88 Å². The molecule has 0 spiro atoms. The fourth-order valence-corrected chi connectivity index (χ4v) is 7.72. The molecule has 2 aromatic rings. The number of hydrogen-bond acceptors (Lipinski definition) is 8. The molecule has 0 bridgehead atoms. The molecule has 2 heterocycles. The topological polar surface area (TPSA) is 117 Å². The minimum Gasteiger partial charge on any atom is -0.474 e. The van der Waals surface area contributed by atoms with Gasteiger partial charge in [-0.15, -0.1) is 0 Å². The van der Waals surface area contributed by atoms with Crippen LogP contribution >= 0.6 is 0 Å². The predicted molar refractivity (Wildman–Crippen MR) is 204 cm³/mol. The van der Waals surface area contributed by atoms with E-state index in [2.05, 4.69) is 64.9 Å². The van der Waals surface area contributed by atoms with Gasteiger partial charge in [0, 0.05) is 36.4 Å². The number of anilines is 2. The van der Waals surface area contributed by atoms with Crippen LogP contribution < -0.4 is 15.0 Å². The highest BCUT2D eigenvalue weighted by Crippen LogP contribution is 2.44. The van der Waals surface area contributed by atoms with Crippen LogP contribution in [0.4, 0.5) is 21.1 Å². The quantitative estimate of drug-likeness (QED) is 0.254. The van der Waals surface area contributed by atoms with E-state index >= 15 is 0 Å². The van der Waals surface area contributed by atoms with Gasteiger partial charge in [-0.2, -0.15) is 5.10 Å². The van der Waals surface area contributed by atoms with Crippen LogP contribution in [0.1, 0.15) is 134 Å². The van der Waals surface area contributed by atoms with Crippen LogP contribution in [0.25, 0.3) is 0 Å². The fraction of sp³-hybridized carbons (Fsp3) is 0.744. The van der Waals surface area contributed by atoms with Gasteiger partial charge in [-0.1, -0.05) is 20.8 Å². The average molecular weight is 728 g/mol. The van der Waals surface area contributed by atoms with Crippen molar-refractivity contribution >= 4 is 32.0 Å².